The number of rotatable bonds is 6. The Kier molecular flexibility index (Phi) is 12.4. The van der Waals surface area contributed by atoms with Gasteiger partial charge in [-0.1, -0.05) is 0 Å². The first-order valence-corrected chi connectivity index (χ1v) is 12.5. The van der Waals surface area contributed by atoms with Crippen molar-refractivity contribution in [3.63, 3.8) is 0 Å². The van der Waals surface area contributed by atoms with Crippen LogP contribution in [0.25, 0.3) is 0 Å². The molecule has 29 heavy (non-hydrogen) atoms. The van der Waals surface area contributed by atoms with Gasteiger partial charge in [0.05, 0.1) is 0 Å². The molecular formula is C24H29Cl3SiTi. The molecule has 0 N–H and O–H groups in total. The Morgan fingerprint density at radius 3 is 1.62 bits per heavy atom. The smallest absolute Gasteiger partial charge is 1.00 e. The monoisotopic (exact) mass is 498 g/mol. The predicted octanol–water partition coefficient (Wildman–Crippen LogP) is -3.79. The summed E-state index contributed by atoms with van der Waals surface area (Å²) < 4.78 is 0.215. The zero-order chi connectivity index (χ0) is 18.7. The molecule has 0 saturated heterocycles. The molecule has 0 heterocycles. The number of benzene rings is 2. The summed E-state index contributed by atoms with van der Waals surface area (Å²) in [5.41, 5.74) is 6.38. The van der Waals surface area contributed by atoms with Crippen LogP contribution in [0.1, 0.15) is 40.5 Å². The molecule has 0 radical (unpaired) electrons. The second-order valence-corrected chi connectivity index (χ2v) is 11.8. The fourth-order valence-electron chi connectivity index (χ4n) is 4.41. The number of halogens is 3. The summed E-state index contributed by atoms with van der Waals surface area (Å²) in [4.78, 5) is 0. The molecule has 5 heteroatoms. The Labute approximate surface area is 208 Å². The van der Waals surface area contributed by atoms with Crippen molar-refractivity contribution in [2.75, 3.05) is 0 Å². The van der Waals surface area contributed by atoms with Crippen LogP contribution in [0.4, 0.5) is 0 Å². The SMILES string of the molecule is CCCC1=C(C)C(C)=C(C)[C]1([Ti+3])C[SiH](c1ccccc1)c1ccccc1.[Cl-].[Cl-].[Cl-]. The van der Waals surface area contributed by atoms with E-state index in [9.17, 15) is 0 Å². The summed E-state index contributed by atoms with van der Waals surface area (Å²) in [6.07, 6.45) is 2.45. The zero-order valence-electron chi connectivity index (χ0n) is 17.6. The molecule has 0 bridgehead atoms. The molecule has 1 unspecified atom stereocenters. The van der Waals surface area contributed by atoms with Gasteiger partial charge in [-0.15, -0.1) is 0 Å². The number of hydrogen-bond donors (Lipinski definition) is 0. The molecule has 0 saturated carbocycles. The van der Waals surface area contributed by atoms with E-state index in [1.54, 1.807) is 27.1 Å². The van der Waals surface area contributed by atoms with E-state index in [-0.39, 0.29) is 40.9 Å². The molecule has 0 amide bonds. The van der Waals surface area contributed by atoms with E-state index in [0.717, 1.165) is 0 Å². The van der Waals surface area contributed by atoms with E-state index in [0.29, 0.717) is 0 Å². The van der Waals surface area contributed by atoms with Gasteiger partial charge in [0.1, 0.15) is 0 Å². The van der Waals surface area contributed by atoms with Crippen LogP contribution in [0.2, 0.25) is 9.76 Å². The van der Waals surface area contributed by atoms with Crippen molar-refractivity contribution in [2.45, 2.75) is 50.3 Å². The van der Waals surface area contributed by atoms with Crippen molar-refractivity contribution in [2.24, 2.45) is 0 Å². The minimum atomic E-state index is -1.30. The maximum absolute atomic E-state index is 2.51. The largest absolute Gasteiger partial charge is 1.00 e. The van der Waals surface area contributed by atoms with Crippen LogP contribution in [0.5, 0.6) is 0 Å². The molecule has 1 atom stereocenters. The first-order valence-electron chi connectivity index (χ1n) is 9.72. The maximum atomic E-state index is 2.51. The first kappa shape index (κ1) is 28.7. The minimum Gasteiger partial charge on any atom is -1.00 e. The first-order chi connectivity index (χ1) is 12.5. The Morgan fingerprint density at radius 2 is 1.21 bits per heavy atom. The second-order valence-electron chi connectivity index (χ2n) is 7.59. The Bertz CT molecular complexity index is 794. The summed E-state index contributed by atoms with van der Waals surface area (Å²) in [6.45, 7) is 9.36. The molecular weight excluding hydrogens is 471 g/mol. The van der Waals surface area contributed by atoms with Crippen molar-refractivity contribution in [3.8, 4) is 0 Å². The average Bonchev–Trinajstić information content (AvgIpc) is 2.83. The van der Waals surface area contributed by atoms with Crippen molar-refractivity contribution in [1.29, 1.82) is 0 Å². The Hall–Kier alpha value is -0.279. The van der Waals surface area contributed by atoms with E-state index in [2.05, 4.69) is 109 Å². The van der Waals surface area contributed by atoms with Gasteiger partial charge in [0.2, 0.25) is 0 Å². The van der Waals surface area contributed by atoms with Crippen LogP contribution in [-0.2, 0) is 20.4 Å². The van der Waals surface area contributed by atoms with Gasteiger partial charge in [-0.25, -0.2) is 0 Å². The molecule has 3 rings (SSSR count). The van der Waals surface area contributed by atoms with Gasteiger partial charge in [0.15, 0.2) is 0 Å². The Balaban J connectivity index is 0.00000261. The molecule has 0 fully saturated rings. The van der Waals surface area contributed by atoms with E-state index in [1.165, 1.54) is 24.5 Å². The van der Waals surface area contributed by atoms with Crippen LogP contribution in [0.15, 0.2) is 83.0 Å². The third-order valence-corrected chi connectivity index (χ3v) is 11.6. The van der Waals surface area contributed by atoms with Gasteiger partial charge in [0, 0.05) is 0 Å². The van der Waals surface area contributed by atoms with Crippen LogP contribution >= 0.6 is 0 Å². The van der Waals surface area contributed by atoms with Crippen LogP contribution in [-0.4, -0.2) is 8.80 Å². The summed E-state index contributed by atoms with van der Waals surface area (Å²) in [5.74, 6) is 0. The van der Waals surface area contributed by atoms with Crippen LogP contribution in [0, 0.1) is 0 Å². The van der Waals surface area contributed by atoms with Gasteiger partial charge < -0.3 is 37.2 Å². The summed E-state index contributed by atoms with van der Waals surface area (Å²) in [6, 6.07) is 23.8. The standard InChI is InChI=1S/C24H29Si.3ClH.Ti/c1-5-12-23-19(3)18(2)20(4)24(23)17-25(21-13-8-6-9-14-21)22-15-10-7-11-16-22;;;;/h6-11,13-16,25H,5,12,17H2,1-4H3;3*1H;/q;;;;+3/p-3. The van der Waals surface area contributed by atoms with E-state index in [4.69, 9.17) is 0 Å². The maximum Gasteiger partial charge on any atom is -1.00 e. The van der Waals surface area contributed by atoms with Crippen LogP contribution < -0.4 is 47.6 Å². The molecule has 0 spiro atoms. The van der Waals surface area contributed by atoms with Gasteiger partial charge >= 0.3 is 173 Å². The molecule has 2 aromatic carbocycles. The summed E-state index contributed by atoms with van der Waals surface area (Å²) in [5, 5.41) is 3.12. The zero-order valence-corrected chi connectivity index (χ0v) is 22.6. The van der Waals surface area contributed by atoms with E-state index >= 15 is 0 Å². The van der Waals surface area contributed by atoms with Crippen molar-refractivity contribution < 1.29 is 57.7 Å². The molecule has 0 aliphatic heterocycles. The van der Waals surface area contributed by atoms with E-state index < -0.39 is 8.80 Å². The molecule has 1 aliphatic carbocycles. The molecule has 154 valence electrons. The number of hydrogen-bond acceptors (Lipinski definition) is 0. The fraction of sp³-hybridized carbons (Fsp3) is 0.333. The normalized spacial score (nSPS) is 18.3. The third-order valence-electron chi connectivity index (χ3n) is 6.15. The molecule has 1 aliphatic rings. The second kappa shape index (κ2) is 12.5. The summed E-state index contributed by atoms with van der Waals surface area (Å²) in [7, 11) is -1.30. The van der Waals surface area contributed by atoms with Crippen molar-refractivity contribution in [3.05, 3.63) is 83.0 Å². The van der Waals surface area contributed by atoms with Gasteiger partial charge in [-0.3, -0.25) is 0 Å². The van der Waals surface area contributed by atoms with Gasteiger partial charge in [0.25, 0.3) is 0 Å². The minimum absolute atomic E-state index is 0. The third kappa shape index (κ3) is 5.91. The molecule has 2 aromatic rings. The quantitative estimate of drug-likeness (QED) is 0.358. The molecule has 0 nitrogen and oxygen atoms in total. The predicted molar refractivity (Wildman–Crippen MR) is 113 cm³/mol. The molecule has 0 aromatic heterocycles. The summed E-state index contributed by atoms with van der Waals surface area (Å²) >= 11 is 2.51. The van der Waals surface area contributed by atoms with Gasteiger partial charge in [-0.2, -0.15) is 0 Å². The van der Waals surface area contributed by atoms with Crippen molar-refractivity contribution in [1.82, 2.24) is 0 Å². The average molecular weight is 500 g/mol. The van der Waals surface area contributed by atoms with E-state index in [1.807, 2.05) is 0 Å². The Morgan fingerprint density at radius 1 is 0.759 bits per heavy atom. The topological polar surface area (TPSA) is 0 Å². The number of allylic oxidation sites excluding steroid dienone is 4. The van der Waals surface area contributed by atoms with Crippen LogP contribution in [0.3, 0.4) is 0 Å². The van der Waals surface area contributed by atoms with Crippen molar-refractivity contribution >= 4 is 19.2 Å². The van der Waals surface area contributed by atoms with Gasteiger partial charge in [-0.05, 0) is 0 Å². The fourth-order valence-corrected chi connectivity index (χ4v) is 9.54.